The summed E-state index contributed by atoms with van der Waals surface area (Å²) in [6.07, 6.45) is 4.09. The van der Waals surface area contributed by atoms with Crippen LogP contribution in [0.5, 0.6) is 0 Å². The van der Waals surface area contributed by atoms with E-state index in [1.165, 1.54) is 0 Å². The number of nitrogens with zero attached hydrogens (tertiary/aromatic N) is 2. The molecule has 0 spiro atoms. The van der Waals surface area contributed by atoms with Crippen LogP contribution >= 0.6 is 0 Å². The zero-order valence-corrected chi connectivity index (χ0v) is 9.91. The number of aliphatic carboxylic acids is 1. The fourth-order valence-corrected chi connectivity index (χ4v) is 2.02. The van der Waals surface area contributed by atoms with Gasteiger partial charge in [0, 0.05) is 6.42 Å². The highest BCUT2D eigenvalue weighted by molar-refractivity contribution is 5.74. The van der Waals surface area contributed by atoms with E-state index in [0.717, 1.165) is 45.3 Å². The molecule has 0 radical (unpaired) electrons. The molecule has 4 heteroatoms. The maximum atomic E-state index is 11.0. The monoisotopic (exact) mass is 224 g/mol. The number of nitriles is 1. The first-order chi connectivity index (χ1) is 7.58. The van der Waals surface area contributed by atoms with Gasteiger partial charge in [0.2, 0.25) is 0 Å². The maximum Gasteiger partial charge on any atom is 0.309 e. The van der Waals surface area contributed by atoms with Crippen molar-refractivity contribution in [2.45, 2.75) is 39.0 Å². The number of carboxylic acid groups (broad SMARTS) is 1. The highest BCUT2D eigenvalue weighted by atomic mass is 16.4. The van der Waals surface area contributed by atoms with Gasteiger partial charge in [0.05, 0.1) is 11.5 Å². The summed E-state index contributed by atoms with van der Waals surface area (Å²) < 4.78 is 0. The van der Waals surface area contributed by atoms with Crippen molar-refractivity contribution in [3.8, 4) is 6.07 Å². The lowest BCUT2D eigenvalue weighted by atomic mass is 9.80. The molecule has 0 amide bonds. The van der Waals surface area contributed by atoms with Crippen LogP contribution in [0.3, 0.4) is 0 Å². The molecule has 1 aliphatic heterocycles. The summed E-state index contributed by atoms with van der Waals surface area (Å²) in [5.41, 5.74) is -0.525. The highest BCUT2D eigenvalue weighted by Gasteiger charge is 2.36. The minimum Gasteiger partial charge on any atom is -0.481 e. The Morgan fingerprint density at radius 1 is 1.44 bits per heavy atom. The van der Waals surface area contributed by atoms with E-state index in [1.54, 1.807) is 0 Å². The number of carboxylic acids is 1. The molecule has 0 aromatic carbocycles. The third kappa shape index (κ3) is 3.49. The first-order valence-corrected chi connectivity index (χ1v) is 5.91. The average molecular weight is 224 g/mol. The molecule has 0 atom stereocenters. The van der Waals surface area contributed by atoms with Crippen molar-refractivity contribution >= 4 is 5.97 Å². The lowest BCUT2D eigenvalue weighted by Gasteiger charge is -2.36. The first kappa shape index (κ1) is 13.0. The van der Waals surface area contributed by atoms with E-state index >= 15 is 0 Å². The molecule has 0 unspecified atom stereocenters. The van der Waals surface area contributed by atoms with Crippen molar-refractivity contribution in [1.82, 2.24) is 4.90 Å². The lowest BCUT2D eigenvalue weighted by Crippen LogP contribution is -2.42. The fraction of sp³-hybridized carbons (Fsp3) is 0.833. The molecule has 16 heavy (non-hydrogen) atoms. The van der Waals surface area contributed by atoms with Crippen molar-refractivity contribution in [3.63, 3.8) is 0 Å². The van der Waals surface area contributed by atoms with E-state index in [9.17, 15) is 4.79 Å². The molecule has 1 aliphatic rings. The summed E-state index contributed by atoms with van der Waals surface area (Å²) in [7, 11) is 0. The van der Waals surface area contributed by atoms with Gasteiger partial charge in [-0.15, -0.1) is 0 Å². The Kier molecular flexibility index (Phi) is 4.75. The second-order valence-corrected chi connectivity index (χ2v) is 4.82. The fourth-order valence-electron chi connectivity index (χ4n) is 2.02. The van der Waals surface area contributed by atoms with Gasteiger partial charge in [-0.2, -0.15) is 5.26 Å². The summed E-state index contributed by atoms with van der Waals surface area (Å²) in [5.74, 6) is -0.670. The predicted molar refractivity (Wildman–Crippen MR) is 60.9 cm³/mol. The molecule has 0 aliphatic carbocycles. The topological polar surface area (TPSA) is 64.3 Å². The van der Waals surface area contributed by atoms with Crippen molar-refractivity contribution in [2.24, 2.45) is 5.41 Å². The lowest BCUT2D eigenvalue weighted by molar-refractivity contribution is -0.150. The molecule has 1 fully saturated rings. The summed E-state index contributed by atoms with van der Waals surface area (Å²) in [5, 5.41) is 17.5. The molecule has 90 valence electrons. The maximum absolute atomic E-state index is 11.0. The van der Waals surface area contributed by atoms with Gasteiger partial charge in [-0.25, -0.2) is 0 Å². The van der Waals surface area contributed by atoms with Crippen LogP contribution in [-0.4, -0.2) is 35.6 Å². The average Bonchev–Trinajstić information content (AvgIpc) is 2.27. The zero-order valence-electron chi connectivity index (χ0n) is 9.91. The molecule has 1 saturated heterocycles. The smallest absolute Gasteiger partial charge is 0.309 e. The minimum absolute atomic E-state index is 0.525. The predicted octanol–water partition coefficient (Wildman–Crippen LogP) is 1.87. The number of carbonyl (C=O) groups is 1. The first-order valence-electron chi connectivity index (χ1n) is 5.91. The van der Waals surface area contributed by atoms with E-state index in [-0.39, 0.29) is 0 Å². The van der Waals surface area contributed by atoms with Crippen LogP contribution in [0.15, 0.2) is 0 Å². The largest absolute Gasteiger partial charge is 0.481 e. The van der Waals surface area contributed by atoms with Gasteiger partial charge in [0.15, 0.2) is 0 Å². The third-order valence-electron chi connectivity index (χ3n) is 3.49. The molecule has 0 aromatic rings. The number of rotatable bonds is 5. The van der Waals surface area contributed by atoms with E-state index < -0.39 is 11.4 Å². The molecule has 4 nitrogen and oxygen atoms in total. The van der Waals surface area contributed by atoms with Crippen molar-refractivity contribution in [2.75, 3.05) is 19.6 Å². The second kappa shape index (κ2) is 5.86. The van der Waals surface area contributed by atoms with Crippen LogP contribution < -0.4 is 0 Å². The van der Waals surface area contributed by atoms with Crippen LogP contribution in [0.2, 0.25) is 0 Å². The van der Waals surface area contributed by atoms with Gasteiger partial charge in [-0.3, -0.25) is 4.79 Å². The summed E-state index contributed by atoms with van der Waals surface area (Å²) >= 11 is 0. The van der Waals surface area contributed by atoms with Crippen LogP contribution in [0.4, 0.5) is 0 Å². The van der Waals surface area contributed by atoms with Crippen molar-refractivity contribution in [1.29, 1.82) is 5.26 Å². The van der Waals surface area contributed by atoms with Gasteiger partial charge >= 0.3 is 5.97 Å². The van der Waals surface area contributed by atoms with Gasteiger partial charge in [0.25, 0.3) is 0 Å². The van der Waals surface area contributed by atoms with Crippen LogP contribution in [0.25, 0.3) is 0 Å². The van der Waals surface area contributed by atoms with Gasteiger partial charge in [-0.05, 0) is 52.2 Å². The SMILES string of the molecule is CC1(C(=O)O)CCN(CCCCC#N)CC1. The van der Waals surface area contributed by atoms with Crippen molar-refractivity contribution in [3.05, 3.63) is 0 Å². The van der Waals surface area contributed by atoms with Crippen molar-refractivity contribution < 1.29 is 9.90 Å². The quantitative estimate of drug-likeness (QED) is 0.724. The van der Waals surface area contributed by atoms with Crippen LogP contribution in [0.1, 0.15) is 39.0 Å². The molecule has 0 saturated carbocycles. The Morgan fingerprint density at radius 3 is 2.56 bits per heavy atom. The zero-order chi connectivity index (χ0) is 12.0. The third-order valence-corrected chi connectivity index (χ3v) is 3.49. The Labute approximate surface area is 96.9 Å². The number of unbranched alkanes of at least 4 members (excludes halogenated alkanes) is 2. The minimum atomic E-state index is -0.670. The summed E-state index contributed by atoms with van der Waals surface area (Å²) in [6.45, 7) is 4.57. The van der Waals surface area contributed by atoms with Gasteiger partial charge < -0.3 is 10.0 Å². The molecule has 1 rings (SSSR count). The van der Waals surface area contributed by atoms with Crippen LogP contribution in [-0.2, 0) is 4.79 Å². The Balaban J connectivity index is 2.22. The van der Waals surface area contributed by atoms with Gasteiger partial charge in [-0.1, -0.05) is 0 Å². The molecular weight excluding hydrogens is 204 g/mol. The normalized spacial score (nSPS) is 20.2. The Hall–Kier alpha value is -1.08. The van der Waals surface area contributed by atoms with E-state index in [4.69, 9.17) is 10.4 Å². The number of hydrogen-bond acceptors (Lipinski definition) is 3. The summed E-state index contributed by atoms with van der Waals surface area (Å²) in [4.78, 5) is 13.3. The van der Waals surface area contributed by atoms with Gasteiger partial charge in [0.1, 0.15) is 0 Å². The second-order valence-electron chi connectivity index (χ2n) is 4.82. The molecule has 0 aromatic heterocycles. The molecule has 1 heterocycles. The molecular formula is C12H20N2O2. The van der Waals surface area contributed by atoms with E-state index in [1.807, 2.05) is 6.92 Å². The number of likely N-dealkylation sites (tertiary alicyclic amines) is 1. The molecule has 1 N–H and O–H groups in total. The molecule has 0 bridgehead atoms. The number of hydrogen-bond donors (Lipinski definition) is 1. The van der Waals surface area contributed by atoms with E-state index in [0.29, 0.717) is 6.42 Å². The number of piperidine rings is 1. The Morgan fingerprint density at radius 2 is 2.06 bits per heavy atom. The van der Waals surface area contributed by atoms with Crippen LogP contribution in [0, 0.1) is 16.7 Å². The van der Waals surface area contributed by atoms with E-state index in [2.05, 4.69) is 11.0 Å². The Bertz CT molecular complexity index is 275. The highest BCUT2D eigenvalue weighted by Crippen LogP contribution is 2.30. The summed E-state index contributed by atoms with van der Waals surface area (Å²) in [6, 6.07) is 2.14. The standard InChI is InChI=1S/C12H20N2O2/c1-12(11(15)16)5-9-14(10-6-12)8-4-2-3-7-13/h2-6,8-10H2,1H3,(H,15,16).